The number of rotatable bonds is 2. The second-order valence-corrected chi connectivity index (χ2v) is 7.14. The smallest absolute Gasteiger partial charge is 0.249 e. The molecule has 1 N–H and O–H groups in total. The standard InChI is InChI=1S/C13H15BrN2O2S/c14-9-5-10(19-8-9)6-16-7-11(17)15-13(12(16)18)3-1-2-4-13/h5,8H,1-4,6-7H2,(H,15,17). The fourth-order valence-corrected chi connectivity index (χ4v) is 4.44. The van der Waals surface area contributed by atoms with E-state index >= 15 is 0 Å². The largest absolute Gasteiger partial charge is 0.340 e. The van der Waals surface area contributed by atoms with E-state index in [0.29, 0.717) is 6.54 Å². The number of thiophene rings is 1. The number of hydrogen-bond donors (Lipinski definition) is 1. The summed E-state index contributed by atoms with van der Waals surface area (Å²) in [5.41, 5.74) is -0.607. The van der Waals surface area contributed by atoms with E-state index in [1.165, 1.54) is 0 Å². The SMILES string of the molecule is O=C1CN(Cc2cc(Br)cs2)C(=O)C2(CCCC2)N1. The molecule has 0 radical (unpaired) electrons. The predicted octanol–water partition coefficient (Wildman–Crippen LogP) is 2.28. The first kappa shape index (κ1) is 13.1. The van der Waals surface area contributed by atoms with Crippen molar-refractivity contribution in [3.63, 3.8) is 0 Å². The van der Waals surface area contributed by atoms with Gasteiger partial charge in [0.25, 0.3) is 0 Å². The predicted molar refractivity (Wildman–Crippen MR) is 76.8 cm³/mol. The molecule has 2 heterocycles. The van der Waals surface area contributed by atoms with Crippen molar-refractivity contribution in [2.45, 2.75) is 37.8 Å². The number of hydrogen-bond acceptors (Lipinski definition) is 3. The average molecular weight is 343 g/mol. The highest BCUT2D eigenvalue weighted by molar-refractivity contribution is 9.10. The van der Waals surface area contributed by atoms with Crippen LogP contribution in [0.1, 0.15) is 30.6 Å². The highest BCUT2D eigenvalue weighted by atomic mass is 79.9. The molecular formula is C13H15BrN2O2S. The molecule has 102 valence electrons. The van der Waals surface area contributed by atoms with Crippen LogP contribution in [0.15, 0.2) is 15.9 Å². The molecule has 2 aliphatic rings. The number of nitrogens with one attached hydrogen (secondary N) is 1. The van der Waals surface area contributed by atoms with E-state index in [4.69, 9.17) is 0 Å². The van der Waals surface area contributed by atoms with Gasteiger partial charge in [-0.15, -0.1) is 11.3 Å². The molecule has 2 fully saturated rings. The monoisotopic (exact) mass is 342 g/mol. The van der Waals surface area contributed by atoms with Crippen LogP contribution in [0.2, 0.25) is 0 Å². The van der Waals surface area contributed by atoms with Crippen molar-refractivity contribution in [1.82, 2.24) is 10.2 Å². The number of carbonyl (C=O) groups is 2. The van der Waals surface area contributed by atoms with Crippen LogP contribution < -0.4 is 5.32 Å². The fourth-order valence-electron chi connectivity index (χ4n) is 2.98. The molecule has 1 saturated heterocycles. The molecule has 19 heavy (non-hydrogen) atoms. The lowest BCUT2D eigenvalue weighted by Crippen LogP contribution is -2.65. The first-order valence-electron chi connectivity index (χ1n) is 6.42. The van der Waals surface area contributed by atoms with Crippen LogP contribution in [0, 0.1) is 0 Å². The van der Waals surface area contributed by atoms with Crippen LogP contribution in [0.5, 0.6) is 0 Å². The Morgan fingerprint density at radius 2 is 2.11 bits per heavy atom. The van der Waals surface area contributed by atoms with E-state index in [2.05, 4.69) is 21.2 Å². The van der Waals surface area contributed by atoms with Gasteiger partial charge in [-0.3, -0.25) is 9.59 Å². The van der Waals surface area contributed by atoms with Crippen molar-refractivity contribution in [2.24, 2.45) is 0 Å². The minimum Gasteiger partial charge on any atom is -0.340 e. The maximum Gasteiger partial charge on any atom is 0.249 e. The molecule has 4 nitrogen and oxygen atoms in total. The molecule has 3 rings (SSSR count). The third kappa shape index (κ3) is 2.43. The van der Waals surface area contributed by atoms with Gasteiger partial charge >= 0.3 is 0 Å². The van der Waals surface area contributed by atoms with Crippen molar-refractivity contribution >= 4 is 39.1 Å². The normalized spacial score (nSPS) is 22.1. The van der Waals surface area contributed by atoms with Gasteiger partial charge in [-0.1, -0.05) is 12.8 Å². The molecule has 1 spiro atoms. The summed E-state index contributed by atoms with van der Waals surface area (Å²) in [4.78, 5) is 27.3. The Morgan fingerprint density at radius 3 is 2.74 bits per heavy atom. The average Bonchev–Trinajstić information content (AvgIpc) is 2.96. The molecule has 2 amide bonds. The molecule has 1 aromatic rings. The van der Waals surface area contributed by atoms with Gasteiger partial charge in [0.2, 0.25) is 11.8 Å². The van der Waals surface area contributed by atoms with Crippen LogP contribution in [0.4, 0.5) is 0 Å². The van der Waals surface area contributed by atoms with Crippen LogP contribution in [0.25, 0.3) is 0 Å². The zero-order valence-corrected chi connectivity index (χ0v) is 12.8. The van der Waals surface area contributed by atoms with Crippen LogP contribution in [-0.4, -0.2) is 28.8 Å². The van der Waals surface area contributed by atoms with E-state index < -0.39 is 5.54 Å². The summed E-state index contributed by atoms with van der Waals surface area (Å²) in [6.07, 6.45) is 3.60. The van der Waals surface area contributed by atoms with Crippen molar-refractivity contribution in [3.05, 3.63) is 20.8 Å². The molecule has 1 aliphatic carbocycles. The molecule has 1 aliphatic heterocycles. The molecule has 0 atom stereocenters. The maximum atomic E-state index is 12.6. The molecule has 1 aromatic heterocycles. The quantitative estimate of drug-likeness (QED) is 0.896. The van der Waals surface area contributed by atoms with Gasteiger partial charge in [0.15, 0.2) is 0 Å². The summed E-state index contributed by atoms with van der Waals surface area (Å²) < 4.78 is 1.02. The molecule has 0 aromatic carbocycles. The fraction of sp³-hybridized carbons (Fsp3) is 0.538. The van der Waals surface area contributed by atoms with Crippen LogP contribution in [0.3, 0.4) is 0 Å². The summed E-state index contributed by atoms with van der Waals surface area (Å²) in [6, 6.07) is 2.01. The number of amides is 2. The van der Waals surface area contributed by atoms with Gasteiger partial charge in [0.05, 0.1) is 6.54 Å². The summed E-state index contributed by atoms with van der Waals surface area (Å²) in [5, 5.41) is 4.92. The van der Waals surface area contributed by atoms with Gasteiger partial charge in [-0.2, -0.15) is 0 Å². The van der Waals surface area contributed by atoms with E-state index in [1.807, 2.05) is 11.4 Å². The lowest BCUT2D eigenvalue weighted by molar-refractivity contribution is -0.150. The molecule has 6 heteroatoms. The highest BCUT2D eigenvalue weighted by Crippen LogP contribution is 2.34. The molecule has 0 bridgehead atoms. The Kier molecular flexibility index (Phi) is 3.39. The lowest BCUT2D eigenvalue weighted by Gasteiger charge is -2.39. The van der Waals surface area contributed by atoms with E-state index in [-0.39, 0.29) is 18.4 Å². The number of piperazine rings is 1. The van der Waals surface area contributed by atoms with Gasteiger partial charge in [-0.25, -0.2) is 0 Å². The summed E-state index contributed by atoms with van der Waals surface area (Å²) in [6.45, 7) is 0.709. The maximum absolute atomic E-state index is 12.6. The van der Waals surface area contributed by atoms with Gasteiger partial charge in [-0.05, 0) is 34.8 Å². The minimum atomic E-state index is -0.607. The number of halogens is 1. The van der Waals surface area contributed by atoms with E-state index in [1.54, 1.807) is 16.2 Å². The number of carbonyl (C=O) groups excluding carboxylic acids is 2. The summed E-state index contributed by atoms with van der Waals surface area (Å²) in [7, 11) is 0. The Labute approximate surface area is 124 Å². The van der Waals surface area contributed by atoms with E-state index in [9.17, 15) is 9.59 Å². The third-order valence-electron chi connectivity index (χ3n) is 3.84. The van der Waals surface area contributed by atoms with Crippen molar-refractivity contribution in [3.8, 4) is 0 Å². The zero-order chi connectivity index (χ0) is 13.5. The third-order valence-corrected chi connectivity index (χ3v) is 5.52. The van der Waals surface area contributed by atoms with E-state index in [0.717, 1.165) is 35.0 Å². The second-order valence-electron chi connectivity index (χ2n) is 5.23. The van der Waals surface area contributed by atoms with Gasteiger partial charge in [0, 0.05) is 14.7 Å². The zero-order valence-electron chi connectivity index (χ0n) is 10.4. The second kappa shape index (κ2) is 4.90. The van der Waals surface area contributed by atoms with Gasteiger partial charge in [0.1, 0.15) is 12.1 Å². The summed E-state index contributed by atoms with van der Waals surface area (Å²) in [5.74, 6) is 0.0613. The highest BCUT2D eigenvalue weighted by Gasteiger charge is 2.48. The Balaban J connectivity index is 1.80. The lowest BCUT2D eigenvalue weighted by atomic mass is 9.93. The summed E-state index contributed by atoms with van der Waals surface area (Å²) >= 11 is 5.02. The Bertz CT molecular complexity index is 522. The van der Waals surface area contributed by atoms with Crippen molar-refractivity contribution in [1.29, 1.82) is 0 Å². The van der Waals surface area contributed by atoms with Crippen LogP contribution >= 0.6 is 27.3 Å². The molecule has 1 saturated carbocycles. The Morgan fingerprint density at radius 1 is 1.37 bits per heavy atom. The first-order chi connectivity index (χ1) is 9.09. The van der Waals surface area contributed by atoms with Crippen LogP contribution in [-0.2, 0) is 16.1 Å². The number of nitrogens with zero attached hydrogens (tertiary/aromatic N) is 1. The van der Waals surface area contributed by atoms with Crippen molar-refractivity contribution < 1.29 is 9.59 Å². The molecular weight excluding hydrogens is 328 g/mol. The Hall–Kier alpha value is -0.880. The van der Waals surface area contributed by atoms with Crippen molar-refractivity contribution in [2.75, 3.05) is 6.54 Å². The topological polar surface area (TPSA) is 49.4 Å². The first-order valence-corrected chi connectivity index (χ1v) is 8.10. The van der Waals surface area contributed by atoms with Gasteiger partial charge < -0.3 is 10.2 Å². The minimum absolute atomic E-state index is 0.0304. The molecule has 0 unspecified atom stereocenters.